The van der Waals surface area contributed by atoms with Crippen LogP contribution in [0.3, 0.4) is 0 Å². The van der Waals surface area contributed by atoms with Gasteiger partial charge in [0.1, 0.15) is 0 Å². The van der Waals surface area contributed by atoms with Crippen LogP contribution in [0.1, 0.15) is 33.1 Å². The standard InChI is InChI=1S/C8H16BO3.Na/c1-3-5-8-7(4-2)6-11-9(10)12-8;/h7-8H,3-6H2,1-2H3;/q-1;+1. The molecule has 0 aromatic carbocycles. The minimum absolute atomic E-state index is 0. The van der Waals surface area contributed by atoms with Crippen LogP contribution in [0, 0.1) is 5.92 Å². The van der Waals surface area contributed by atoms with E-state index in [0.29, 0.717) is 12.5 Å². The molecule has 70 valence electrons. The fourth-order valence-electron chi connectivity index (χ4n) is 1.57. The monoisotopic (exact) mass is 194 g/mol. The molecule has 2 atom stereocenters. The molecular weight excluding hydrogens is 178 g/mol. The molecule has 1 aliphatic rings. The van der Waals surface area contributed by atoms with Crippen molar-refractivity contribution in [2.75, 3.05) is 6.61 Å². The first-order valence-corrected chi connectivity index (χ1v) is 4.70. The Labute approximate surface area is 103 Å². The topological polar surface area (TPSA) is 41.5 Å². The van der Waals surface area contributed by atoms with Crippen molar-refractivity contribution in [3.8, 4) is 0 Å². The van der Waals surface area contributed by atoms with Crippen LogP contribution in [0.15, 0.2) is 0 Å². The molecule has 0 aliphatic carbocycles. The number of rotatable bonds is 3. The fourth-order valence-corrected chi connectivity index (χ4v) is 1.57. The van der Waals surface area contributed by atoms with Crippen molar-refractivity contribution in [1.82, 2.24) is 0 Å². The van der Waals surface area contributed by atoms with Crippen LogP contribution in [-0.4, -0.2) is 20.0 Å². The Hall–Kier alpha value is 0.945. The normalized spacial score (nSPS) is 28.4. The van der Waals surface area contributed by atoms with Crippen molar-refractivity contribution in [2.24, 2.45) is 5.92 Å². The summed E-state index contributed by atoms with van der Waals surface area (Å²) >= 11 is 0. The number of hydrogen-bond acceptors (Lipinski definition) is 3. The van der Waals surface area contributed by atoms with E-state index in [9.17, 15) is 5.02 Å². The molecule has 0 amide bonds. The summed E-state index contributed by atoms with van der Waals surface area (Å²) in [5, 5.41) is 10.8. The molecule has 0 aromatic rings. The van der Waals surface area contributed by atoms with Gasteiger partial charge in [-0.25, -0.2) is 0 Å². The zero-order valence-electron chi connectivity index (χ0n) is 8.79. The average molecular weight is 194 g/mol. The molecule has 0 aromatic heterocycles. The molecule has 1 heterocycles. The second-order valence-corrected chi connectivity index (χ2v) is 3.25. The molecule has 3 nitrogen and oxygen atoms in total. The summed E-state index contributed by atoms with van der Waals surface area (Å²) in [6.45, 7) is 4.77. The third-order valence-corrected chi connectivity index (χ3v) is 2.36. The van der Waals surface area contributed by atoms with E-state index in [2.05, 4.69) is 13.8 Å². The Morgan fingerprint density at radius 2 is 2.15 bits per heavy atom. The van der Waals surface area contributed by atoms with Gasteiger partial charge in [0.15, 0.2) is 0 Å². The Morgan fingerprint density at radius 1 is 1.46 bits per heavy atom. The van der Waals surface area contributed by atoms with Gasteiger partial charge in [-0.1, -0.05) is 20.3 Å². The maximum Gasteiger partial charge on any atom is 1.00 e. The molecule has 1 saturated heterocycles. The first-order chi connectivity index (χ1) is 5.77. The molecule has 2 unspecified atom stereocenters. The second-order valence-electron chi connectivity index (χ2n) is 3.25. The van der Waals surface area contributed by atoms with E-state index >= 15 is 0 Å². The summed E-state index contributed by atoms with van der Waals surface area (Å²) in [4.78, 5) is 0. The minimum atomic E-state index is -1.25. The van der Waals surface area contributed by atoms with Gasteiger partial charge < -0.3 is 14.3 Å². The second kappa shape index (κ2) is 7.26. The van der Waals surface area contributed by atoms with Gasteiger partial charge in [0.25, 0.3) is 0 Å². The maximum atomic E-state index is 10.8. The van der Waals surface area contributed by atoms with Gasteiger partial charge in [-0.15, -0.1) is 0 Å². The largest absolute Gasteiger partial charge is 1.00 e. The first-order valence-electron chi connectivity index (χ1n) is 4.70. The van der Waals surface area contributed by atoms with Gasteiger partial charge >= 0.3 is 36.9 Å². The number of hydrogen-bond donors (Lipinski definition) is 0. The Bertz CT molecular complexity index is 137. The van der Waals surface area contributed by atoms with Gasteiger partial charge in [-0.2, -0.15) is 0 Å². The Kier molecular flexibility index (Phi) is 7.79. The van der Waals surface area contributed by atoms with Gasteiger partial charge in [0.05, 0.1) is 0 Å². The molecular formula is C8H16BNaO3. The van der Waals surface area contributed by atoms with Crippen LogP contribution < -0.4 is 34.6 Å². The Balaban J connectivity index is 0.00000144. The smallest absolute Gasteiger partial charge is 0.832 e. The van der Waals surface area contributed by atoms with Crippen LogP contribution in [0.25, 0.3) is 0 Å². The van der Waals surface area contributed by atoms with E-state index in [0.717, 1.165) is 19.3 Å². The van der Waals surface area contributed by atoms with E-state index in [1.807, 2.05) is 0 Å². The predicted octanol–water partition coefficient (Wildman–Crippen LogP) is -2.42. The van der Waals surface area contributed by atoms with Crippen molar-refractivity contribution < 1.29 is 43.9 Å². The summed E-state index contributed by atoms with van der Waals surface area (Å²) < 4.78 is 10.0. The molecule has 5 heteroatoms. The summed E-state index contributed by atoms with van der Waals surface area (Å²) in [6, 6.07) is 0. The third-order valence-electron chi connectivity index (χ3n) is 2.36. The van der Waals surface area contributed by atoms with Crippen LogP contribution >= 0.6 is 0 Å². The van der Waals surface area contributed by atoms with Crippen LogP contribution in [0.5, 0.6) is 0 Å². The Morgan fingerprint density at radius 3 is 2.69 bits per heavy atom. The van der Waals surface area contributed by atoms with Gasteiger partial charge in [0, 0.05) is 18.6 Å². The quantitative estimate of drug-likeness (QED) is 0.469. The molecule has 0 bridgehead atoms. The van der Waals surface area contributed by atoms with Crippen molar-refractivity contribution in [2.45, 2.75) is 39.2 Å². The summed E-state index contributed by atoms with van der Waals surface area (Å²) in [6.07, 6.45) is 3.18. The fraction of sp³-hybridized carbons (Fsp3) is 1.00. The average Bonchev–Trinajstić information content (AvgIpc) is 2.05. The minimum Gasteiger partial charge on any atom is -0.832 e. The third kappa shape index (κ3) is 4.32. The molecule has 13 heavy (non-hydrogen) atoms. The summed E-state index contributed by atoms with van der Waals surface area (Å²) in [5.41, 5.74) is 0. The van der Waals surface area contributed by atoms with E-state index in [4.69, 9.17) is 9.31 Å². The first kappa shape index (κ1) is 13.9. The molecule has 0 radical (unpaired) electrons. The van der Waals surface area contributed by atoms with Crippen molar-refractivity contribution in [3.63, 3.8) is 0 Å². The SMILES string of the molecule is CCCC1OB([O-])OCC1CC.[Na+]. The van der Waals surface area contributed by atoms with E-state index < -0.39 is 7.32 Å². The van der Waals surface area contributed by atoms with Crippen molar-refractivity contribution >= 4 is 7.32 Å². The summed E-state index contributed by atoms with van der Waals surface area (Å²) in [7, 11) is -1.25. The molecule has 1 fully saturated rings. The van der Waals surface area contributed by atoms with E-state index in [1.54, 1.807) is 0 Å². The molecule has 0 saturated carbocycles. The van der Waals surface area contributed by atoms with Gasteiger partial charge in [-0.3, -0.25) is 0 Å². The summed E-state index contributed by atoms with van der Waals surface area (Å²) in [5.74, 6) is 0.412. The molecule has 0 spiro atoms. The van der Waals surface area contributed by atoms with Crippen LogP contribution in [0.2, 0.25) is 0 Å². The van der Waals surface area contributed by atoms with Gasteiger partial charge in [-0.05, 0) is 12.8 Å². The van der Waals surface area contributed by atoms with Gasteiger partial charge in [0.2, 0.25) is 0 Å². The predicted molar refractivity (Wildman–Crippen MR) is 45.3 cm³/mol. The maximum absolute atomic E-state index is 10.8. The molecule has 1 rings (SSSR count). The zero-order chi connectivity index (χ0) is 8.97. The van der Waals surface area contributed by atoms with Crippen LogP contribution in [0.4, 0.5) is 0 Å². The van der Waals surface area contributed by atoms with Crippen LogP contribution in [-0.2, 0) is 9.31 Å². The van der Waals surface area contributed by atoms with Crippen molar-refractivity contribution in [1.29, 1.82) is 0 Å². The molecule has 1 aliphatic heterocycles. The van der Waals surface area contributed by atoms with Crippen molar-refractivity contribution in [3.05, 3.63) is 0 Å². The zero-order valence-corrected chi connectivity index (χ0v) is 10.8. The van der Waals surface area contributed by atoms with E-state index in [1.165, 1.54) is 0 Å². The van der Waals surface area contributed by atoms with E-state index in [-0.39, 0.29) is 35.7 Å². The molecule has 0 N–H and O–H groups in total.